The highest BCUT2D eigenvalue weighted by Crippen LogP contribution is 2.14. The topological polar surface area (TPSA) is 70.4 Å². The molecular weight excluding hydrogens is 272 g/mol. The second-order valence-electron chi connectivity index (χ2n) is 4.49. The molecule has 21 heavy (non-hydrogen) atoms. The molecule has 0 saturated heterocycles. The molecule has 6 heteroatoms. The summed E-state index contributed by atoms with van der Waals surface area (Å²) in [4.78, 5) is 23.6. The van der Waals surface area contributed by atoms with Crippen LogP contribution in [0, 0.1) is 6.92 Å². The third kappa shape index (κ3) is 3.00. The van der Waals surface area contributed by atoms with E-state index < -0.39 is 11.4 Å². The Morgan fingerprint density at radius 1 is 1.29 bits per heavy atom. The van der Waals surface area contributed by atoms with E-state index >= 15 is 0 Å². The van der Waals surface area contributed by atoms with Crippen LogP contribution in [0.4, 0.5) is 0 Å². The van der Waals surface area contributed by atoms with Gasteiger partial charge in [0.25, 0.3) is 0 Å². The number of aryl methyl sites for hydroxylation is 1. The molecule has 2 rings (SSSR count). The van der Waals surface area contributed by atoms with E-state index in [1.807, 2.05) is 24.3 Å². The van der Waals surface area contributed by atoms with Gasteiger partial charge >= 0.3 is 5.97 Å². The summed E-state index contributed by atoms with van der Waals surface area (Å²) in [5.74, 6) is -0.748. The van der Waals surface area contributed by atoms with Gasteiger partial charge in [0.1, 0.15) is 0 Å². The monoisotopic (exact) mass is 288 g/mol. The third-order valence-electron chi connectivity index (χ3n) is 3.01. The number of carbonyl (C=O) groups excluding carboxylic acids is 1. The van der Waals surface area contributed by atoms with Crippen LogP contribution in [0.25, 0.3) is 5.69 Å². The number of nitrogens with zero attached hydrogens (tertiary/aromatic N) is 2. The average molecular weight is 288 g/mol. The molecule has 0 aliphatic carbocycles. The van der Waals surface area contributed by atoms with Crippen LogP contribution in [-0.2, 0) is 16.1 Å². The third-order valence-corrected chi connectivity index (χ3v) is 3.01. The summed E-state index contributed by atoms with van der Waals surface area (Å²) in [7, 11) is 2.82. The standard InChI is InChI=1S/C15H16N2O4/c1-10-8-17(16-13(14(10)18)15(19)21-3)12-7-5-4-6-11(12)9-20-2/h4-8H,9H2,1-3H3. The van der Waals surface area contributed by atoms with Crippen LogP contribution in [0.15, 0.2) is 35.3 Å². The number of hydrogen-bond donors (Lipinski definition) is 0. The van der Waals surface area contributed by atoms with Gasteiger partial charge in [-0.05, 0) is 13.0 Å². The predicted octanol–water partition coefficient (Wildman–Crippen LogP) is 1.47. The molecule has 0 fully saturated rings. The molecule has 0 aliphatic heterocycles. The van der Waals surface area contributed by atoms with Crippen molar-refractivity contribution >= 4 is 5.97 Å². The van der Waals surface area contributed by atoms with Crippen LogP contribution >= 0.6 is 0 Å². The first-order valence-corrected chi connectivity index (χ1v) is 6.34. The van der Waals surface area contributed by atoms with Gasteiger partial charge in [-0.2, -0.15) is 5.10 Å². The van der Waals surface area contributed by atoms with Gasteiger partial charge in [-0.25, -0.2) is 9.48 Å². The molecule has 0 bridgehead atoms. The molecule has 0 saturated carbocycles. The summed E-state index contributed by atoms with van der Waals surface area (Å²) >= 11 is 0. The van der Waals surface area contributed by atoms with Gasteiger partial charge in [-0.1, -0.05) is 18.2 Å². The van der Waals surface area contributed by atoms with Crippen molar-refractivity contribution in [2.24, 2.45) is 0 Å². The molecule has 110 valence electrons. The Hall–Kier alpha value is -2.47. The van der Waals surface area contributed by atoms with Gasteiger partial charge in [0.05, 0.1) is 19.4 Å². The predicted molar refractivity (Wildman–Crippen MR) is 76.6 cm³/mol. The minimum Gasteiger partial charge on any atom is -0.464 e. The lowest BCUT2D eigenvalue weighted by Gasteiger charge is -2.12. The Bertz CT molecular complexity index is 722. The van der Waals surface area contributed by atoms with Gasteiger partial charge < -0.3 is 9.47 Å². The van der Waals surface area contributed by atoms with E-state index in [1.54, 1.807) is 20.2 Å². The summed E-state index contributed by atoms with van der Waals surface area (Å²) in [5.41, 5.74) is 1.39. The van der Waals surface area contributed by atoms with Crippen molar-refractivity contribution in [3.8, 4) is 5.69 Å². The fourth-order valence-electron chi connectivity index (χ4n) is 1.98. The quantitative estimate of drug-likeness (QED) is 0.797. The molecule has 0 amide bonds. The van der Waals surface area contributed by atoms with Crippen LogP contribution in [0.3, 0.4) is 0 Å². The van der Waals surface area contributed by atoms with Gasteiger partial charge in [-0.15, -0.1) is 0 Å². The maximum Gasteiger partial charge on any atom is 0.362 e. The summed E-state index contributed by atoms with van der Waals surface area (Å²) in [5, 5.41) is 4.09. The second-order valence-corrected chi connectivity index (χ2v) is 4.49. The lowest BCUT2D eigenvalue weighted by Crippen LogP contribution is -2.24. The van der Waals surface area contributed by atoms with Crippen LogP contribution < -0.4 is 5.43 Å². The smallest absolute Gasteiger partial charge is 0.362 e. The van der Waals surface area contributed by atoms with Gasteiger partial charge in [0.2, 0.25) is 11.1 Å². The molecule has 2 aromatic rings. The van der Waals surface area contributed by atoms with E-state index in [4.69, 9.17) is 4.74 Å². The molecule has 1 aromatic carbocycles. The highest BCUT2D eigenvalue weighted by Gasteiger charge is 2.16. The zero-order valence-corrected chi connectivity index (χ0v) is 12.1. The van der Waals surface area contributed by atoms with Crippen molar-refractivity contribution in [2.45, 2.75) is 13.5 Å². The van der Waals surface area contributed by atoms with Crippen molar-refractivity contribution in [3.05, 3.63) is 57.5 Å². The molecule has 0 N–H and O–H groups in total. The van der Waals surface area contributed by atoms with E-state index in [1.165, 1.54) is 11.8 Å². The Labute approximate surface area is 121 Å². The Balaban J connectivity index is 2.63. The normalized spacial score (nSPS) is 10.4. The zero-order chi connectivity index (χ0) is 15.4. The molecule has 1 heterocycles. The Kier molecular flexibility index (Phi) is 4.49. The number of aromatic nitrogens is 2. The van der Waals surface area contributed by atoms with Crippen LogP contribution in [0.5, 0.6) is 0 Å². The lowest BCUT2D eigenvalue weighted by molar-refractivity contribution is 0.0590. The van der Waals surface area contributed by atoms with E-state index in [9.17, 15) is 9.59 Å². The SMILES string of the molecule is COCc1ccccc1-n1cc(C)c(=O)c(C(=O)OC)n1. The number of hydrogen-bond acceptors (Lipinski definition) is 5. The molecule has 0 spiro atoms. The minimum atomic E-state index is -0.748. The summed E-state index contributed by atoms with van der Waals surface area (Å²) in [6.45, 7) is 2.03. The molecule has 6 nitrogen and oxygen atoms in total. The fraction of sp³-hybridized carbons (Fsp3) is 0.267. The first-order chi connectivity index (χ1) is 10.1. The van der Waals surface area contributed by atoms with E-state index in [0.717, 1.165) is 11.3 Å². The van der Waals surface area contributed by atoms with E-state index in [-0.39, 0.29) is 5.69 Å². The van der Waals surface area contributed by atoms with Crippen LogP contribution in [-0.4, -0.2) is 30.0 Å². The first-order valence-electron chi connectivity index (χ1n) is 6.34. The van der Waals surface area contributed by atoms with Crippen LogP contribution in [0.1, 0.15) is 21.6 Å². The van der Waals surface area contributed by atoms with Gasteiger partial charge in [-0.3, -0.25) is 4.79 Å². The largest absolute Gasteiger partial charge is 0.464 e. The number of rotatable bonds is 4. The number of para-hydroxylation sites is 1. The van der Waals surface area contributed by atoms with Crippen molar-refractivity contribution in [3.63, 3.8) is 0 Å². The van der Waals surface area contributed by atoms with Crippen molar-refractivity contribution in [1.82, 2.24) is 9.78 Å². The average Bonchev–Trinajstić information content (AvgIpc) is 2.50. The Morgan fingerprint density at radius 3 is 2.67 bits per heavy atom. The second kappa shape index (κ2) is 6.32. The number of carbonyl (C=O) groups is 1. The van der Waals surface area contributed by atoms with E-state index in [2.05, 4.69) is 9.84 Å². The minimum absolute atomic E-state index is 0.232. The number of ether oxygens (including phenoxy) is 2. The van der Waals surface area contributed by atoms with Crippen LogP contribution in [0.2, 0.25) is 0 Å². The van der Waals surface area contributed by atoms with Gasteiger partial charge in [0.15, 0.2) is 0 Å². The van der Waals surface area contributed by atoms with E-state index in [0.29, 0.717) is 12.2 Å². The Morgan fingerprint density at radius 2 is 2.00 bits per heavy atom. The number of esters is 1. The first kappa shape index (κ1) is 14.9. The molecule has 1 aromatic heterocycles. The highest BCUT2D eigenvalue weighted by molar-refractivity contribution is 5.87. The summed E-state index contributed by atoms with van der Waals surface area (Å²) < 4.78 is 11.2. The molecular formula is C15H16N2O4. The maximum atomic E-state index is 12.0. The van der Waals surface area contributed by atoms with Gasteiger partial charge in [0, 0.05) is 24.4 Å². The zero-order valence-electron chi connectivity index (χ0n) is 12.1. The highest BCUT2D eigenvalue weighted by atomic mass is 16.5. The lowest BCUT2D eigenvalue weighted by atomic mass is 10.2. The maximum absolute atomic E-state index is 12.0. The summed E-state index contributed by atoms with van der Waals surface area (Å²) in [6, 6.07) is 7.47. The molecule has 0 radical (unpaired) electrons. The molecule has 0 atom stereocenters. The fourth-order valence-corrected chi connectivity index (χ4v) is 1.98. The molecule has 0 unspecified atom stereocenters. The van der Waals surface area contributed by atoms with Crippen molar-refractivity contribution in [2.75, 3.05) is 14.2 Å². The summed E-state index contributed by atoms with van der Waals surface area (Å²) in [6.07, 6.45) is 1.59. The molecule has 0 aliphatic rings. The van der Waals surface area contributed by atoms with Crippen molar-refractivity contribution in [1.29, 1.82) is 0 Å². The van der Waals surface area contributed by atoms with Crippen molar-refractivity contribution < 1.29 is 14.3 Å². The number of benzene rings is 1. The number of methoxy groups -OCH3 is 2.